The first-order valence-electron chi connectivity index (χ1n) is 7.65. The molecule has 0 amide bonds. The maximum absolute atomic E-state index is 12.0. The number of hydrogen-bond donors (Lipinski definition) is 2. The predicted molar refractivity (Wildman–Crippen MR) is 97.3 cm³/mol. The molecule has 0 aromatic carbocycles. The molecule has 0 spiro atoms. The lowest BCUT2D eigenvalue weighted by molar-refractivity contribution is 0.648. The number of nitrogens with one attached hydrogen (secondary N) is 2. The van der Waals surface area contributed by atoms with E-state index in [4.69, 9.17) is 0 Å². The number of rotatable bonds is 7. The highest BCUT2D eigenvalue weighted by Gasteiger charge is 2.18. The van der Waals surface area contributed by atoms with E-state index < -0.39 is 10.8 Å². The molecule has 0 radical (unpaired) electrons. The summed E-state index contributed by atoms with van der Waals surface area (Å²) < 4.78 is 11.8. The minimum absolute atomic E-state index is 0.177. The van der Waals surface area contributed by atoms with Crippen molar-refractivity contribution in [3.63, 3.8) is 0 Å². The van der Waals surface area contributed by atoms with Gasteiger partial charge in [-0.1, -0.05) is 0 Å². The third kappa shape index (κ3) is 7.35. The molecule has 0 aliphatic rings. The van der Waals surface area contributed by atoms with E-state index in [1.807, 2.05) is 33.9 Å². The summed E-state index contributed by atoms with van der Waals surface area (Å²) >= 11 is 1.73. The fourth-order valence-electron chi connectivity index (χ4n) is 1.69. The zero-order valence-electron chi connectivity index (χ0n) is 14.2. The van der Waals surface area contributed by atoms with Crippen LogP contribution in [0.25, 0.3) is 0 Å². The van der Waals surface area contributed by atoms with Crippen molar-refractivity contribution in [3.05, 3.63) is 16.1 Å². The maximum atomic E-state index is 12.0. The largest absolute Gasteiger partial charge is 0.357 e. The second-order valence-electron chi connectivity index (χ2n) is 5.96. The van der Waals surface area contributed by atoms with Gasteiger partial charge in [0, 0.05) is 51.9 Å². The zero-order valence-corrected chi connectivity index (χ0v) is 15.9. The number of hydrogen-bond acceptors (Lipinski definition) is 4. The number of guanidine groups is 1. The van der Waals surface area contributed by atoms with Gasteiger partial charge in [-0.05, 0) is 34.6 Å². The Bertz CT molecular complexity index is 506. The molecular formula is C15H28N4OS2. The van der Waals surface area contributed by atoms with Gasteiger partial charge < -0.3 is 10.6 Å². The van der Waals surface area contributed by atoms with E-state index in [9.17, 15) is 4.21 Å². The molecule has 7 heteroatoms. The highest BCUT2D eigenvalue weighted by molar-refractivity contribution is 7.86. The summed E-state index contributed by atoms with van der Waals surface area (Å²) in [5.41, 5.74) is 0. The molecule has 1 unspecified atom stereocenters. The molecular weight excluding hydrogens is 316 g/mol. The molecule has 2 N–H and O–H groups in total. The van der Waals surface area contributed by atoms with Crippen LogP contribution in [0.5, 0.6) is 0 Å². The van der Waals surface area contributed by atoms with Crippen LogP contribution in [0.3, 0.4) is 0 Å². The van der Waals surface area contributed by atoms with Crippen LogP contribution < -0.4 is 10.6 Å². The molecule has 5 nitrogen and oxygen atoms in total. The van der Waals surface area contributed by atoms with Gasteiger partial charge in [-0.2, -0.15) is 0 Å². The number of thiazole rings is 1. The standard InChI is InChI=1S/C15H28N4OS2/c1-6-16-14(18-9-10-22(20)15(3,4)5)17-8-7-13-19-11-12(2)21-13/h11H,6-10H2,1-5H3,(H2,16,17,18). The average Bonchev–Trinajstić information content (AvgIpc) is 2.83. The molecule has 0 bridgehead atoms. The summed E-state index contributed by atoms with van der Waals surface area (Å²) in [6, 6.07) is 0. The van der Waals surface area contributed by atoms with E-state index in [-0.39, 0.29) is 4.75 Å². The zero-order chi connectivity index (χ0) is 16.6. The molecule has 126 valence electrons. The average molecular weight is 345 g/mol. The lowest BCUT2D eigenvalue weighted by atomic mass is 10.3. The van der Waals surface area contributed by atoms with Crippen molar-refractivity contribution in [2.24, 2.45) is 4.99 Å². The Hall–Kier alpha value is -0.950. The third-order valence-electron chi connectivity index (χ3n) is 2.87. The van der Waals surface area contributed by atoms with Crippen molar-refractivity contribution in [2.45, 2.75) is 45.8 Å². The van der Waals surface area contributed by atoms with Crippen LogP contribution in [0.4, 0.5) is 0 Å². The second kappa shape index (κ2) is 9.25. The summed E-state index contributed by atoms with van der Waals surface area (Å²) in [6.07, 6.45) is 2.79. The van der Waals surface area contributed by atoms with Gasteiger partial charge in [-0.3, -0.25) is 9.20 Å². The summed E-state index contributed by atoms with van der Waals surface area (Å²) in [4.78, 5) is 10.1. The monoisotopic (exact) mass is 344 g/mol. The van der Waals surface area contributed by atoms with Gasteiger partial charge in [0.2, 0.25) is 0 Å². The molecule has 1 aromatic heterocycles. The highest BCUT2D eigenvalue weighted by Crippen LogP contribution is 2.11. The molecule has 0 saturated heterocycles. The molecule has 1 aromatic rings. The van der Waals surface area contributed by atoms with Gasteiger partial charge in [0.05, 0.1) is 11.6 Å². The van der Waals surface area contributed by atoms with Crippen LogP contribution in [-0.4, -0.2) is 45.3 Å². The Morgan fingerprint density at radius 1 is 1.41 bits per heavy atom. The first-order chi connectivity index (χ1) is 10.3. The molecule has 1 heterocycles. The Morgan fingerprint density at radius 3 is 2.68 bits per heavy atom. The molecule has 0 aliphatic carbocycles. The van der Waals surface area contributed by atoms with Crippen LogP contribution >= 0.6 is 11.3 Å². The minimum Gasteiger partial charge on any atom is -0.357 e. The molecule has 0 aliphatic heterocycles. The first-order valence-corrected chi connectivity index (χ1v) is 9.78. The summed E-state index contributed by atoms with van der Waals surface area (Å²) in [5, 5.41) is 7.64. The van der Waals surface area contributed by atoms with Crippen LogP contribution in [0, 0.1) is 6.92 Å². The predicted octanol–water partition coefficient (Wildman–Crippen LogP) is 2.10. The van der Waals surface area contributed by atoms with E-state index in [1.54, 1.807) is 11.3 Å². The molecule has 1 atom stereocenters. The molecule has 1 rings (SSSR count). The fourth-order valence-corrected chi connectivity index (χ4v) is 3.35. The van der Waals surface area contributed by atoms with E-state index in [2.05, 4.69) is 27.5 Å². The van der Waals surface area contributed by atoms with E-state index in [1.165, 1.54) is 4.88 Å². The maximum Gasteiger partial charge on any atom is 0.191 e. The Balaban J connectivity index is 2.40. The summed E-state index contributed by atoms with van der Waals surface area (Å²) in [5.74, 6) is 1.37. The number of aromatic nitrogens is 1. The topological polar surface area (TPSA) is 66.4 Å². The normalized spacial score (nSPS) is 14.0. The highest BCUT2D eigenvalue weighted by atomic mass is 32.2. The number of aryl methyl sites for hydroxylation is 1. The Labute approximate surface area is 140 Å². The van der Waals surface area contributed by atoms with E-state index >= 15 is 0 Å². The molecule has 0 saturated carbocycles. The van der Waals surface area contributed by atoms with Crippen molar-refractivity contribution in [3.8, 4) is 0 Å². The van der Waals surface area contributed by atoms with Crippen LogP contribution in [0.2, 0.25) is 0 Å². The summed E-state index contributed by atoms with van der Waals surface area (Å²) in [7, 11) is -0.861. The van der Waals surface area contributed by atoms with Gasteiger partial charge in [-0.25, -0.2) is 4.98 Å². The van der Waals surface area contributed by atoms with Crippen molar-refractivity contribution < 1.29 is 4.21 Å². The summed E-state index contributed by atoms with van der Waals surface area (Å²) in [6.45, 7) is 12.2. The third-order valence-corrected chi connectivity index (χ3v) is 5.77. The van der Waals surface area contributed by atoms with E-state index in [0.29, 0.717) is 12.3 Å². The lowest BCUT2D eigenvalue weighted by Gasteiger charge is -2.17. The van der Waals surface area contributed by atoms with Crippen LogP contribution in [0.15, 0.2) is 11.2 Å². The Morgan fingerprint density at radius 2 is 2.14 bits per heavy atom. The van der Waals surface area contributed by atoms with Crippen LogP contribution in [0.1, 0.15) is 37.6 Å². The minimum atomic E-state index is -0.861. The number of aliphatic imine (C=N–C) groups is 1. The van der Waals surface area contributed by atoms with Gasteiger partial charge in [0.25, 0.3) is 0 Å². The van der Waals surface area contributed by atoms with Gasteiger partial charge in [-0.15, -0.1) is 11.3 Å². The van der Waals surface area contributed by atoms with Crippen molar-refractivity contribution >= 4 is 28.1 Å². The Kier molecular flexibility index (Phi) is 8.03. The van der Waals surface area contributed by atoms with Crippen molar-refractivity contribution in [2.75, 3.05) is 25.4 Å². The SMILES string of the molecule is CCNC(=NCCS(=O)C(C)(C)C)NCCc1ncc(C)s1. The number of nitrogens with zero attached hydrogens (tertiary/aromatic N) is 2. The van der Waals surface area contributed by atoms with Gasteiger partial charge >= 0.3 is 0 Å². The molecule has 22 heavy (non-hydrogen) atoms. The van der Waals surface area contributed by atoms with E-state index in [0.717, 1.165) is 30.5 Å². The second-order valence-corrected chi connectivity index (χ2v) is 9.61. The smallest absolute Gasteiger partial charge is 0.191 e. The molecule has 0 fully saturated rings. The lowest BCUT2D eigenvalue weighted by Crippen LogP contribution is -2.38. The first kappa shape index (κ1) is 19.1. The van der Waals surface area contributed by atoms with Crippen LogP contribution in [-0.2, 0) is 17.2 Å². The van der Waals surface area contributed by atoms with Crippen molar-refractivity contribution in [1.29, 1.82) is 0 Å². The fraction of sp³-hybridized carbons (Fsp3) is 0.733. The van der Waals surface area contributed by atoms with Crippen molar-refractivity contribution in [1.82, 2.24) is 15.6 Å². The van der Waals surface area contributed by atoms with Gasteiger partial charge in [0.1, 0.15) is 0 Å². The van der Waals surface area contributed by atoms with Gasteiger partial charge in [0.15, 0.2) is 5.96 Å². The quantitative estimate of drug-likeness (QED) is 0.587.